The second-order valence-electron chi connectivity index (χ2n) is 5.03. The Bertz CT molecular complexity index is 453. The van der Waals surface area contributed by atoms with Crippen molar-refractivity contribution in [3.05, 3.63) is 30.1 Å². The summed E-state index contributed by atoms with van der Waals surface area (Å²) in [5, 5.41) is 5.67. The maximum atomic E-state index is 13.4. The molecule has 1 amide bonds. The first-order valence-corrected chi connectivity index (χ1v) is 7.07. The molecule has 1 aliphatic heterocycles. The second kappa shape index (κ2) is 7.36. The number of ether oxygens (including phenoxy) is 1. The number of rotatable bonds is 6. The molecule has 0 spiro atoms. The van der Waals surface area contributed by atoms with Crippen molar-refractivity contribution in [2.24, 2.45) is 5.92 Å². The number of carbonyl (C=O) groups is 1. The Kier molecular flexibility index (Phi) is 5.49. The quantitative estimate of drug-likeness (QED) is 0.839. The lowest BCUT2D eigenvalue weighted by molar-refractivity contribution is -0.115. The topological polar surface area (TPSA) is 50.4 Å². The fraction of sp³-hybridized carbons (Fsp3) is 0.533. The summed E-state index contributed by atoms with van der Waals surface area (Å²) in [6, 6.07) is 6.15. The fourth-order valence-corrected chi connectivity index (χ4v) is 2.51. The first-order valence-electron chi connectivity index (χ1n) is 7.07. The van der Waals surface area contributed by atoms with Gasteiger partial charge in [0, 0.05) is 13.2 Å². The van der Waals surface area contributed by atoms with Gasteiger partial charge in [0.15, 0.2) is 0 Å². The molecule has 1 heterocycles. The van der Waals surface area contributed by atoms with Crippen LogP contribution in [0.3, 0.4) is 0 Å². The van der Waals surface area contributed by atoms with Gasteiger partial charge in [0.25, 0.3) is 0 Å². The maximum absolute atomic E-state index is 13.4. The van der Waals surface area contributed by atoms with Crippen molar-refractivity contribution in [2.75, 3.05) is 25.0 Å². The third-order valence-corrected chi connectivity index (χ3v) is 3.59. The van der Waals surface area contributed by atoms with Gasteiger partial charge in [0.05, 0.1) is 18.3 Å². The molecule has 0 aliphatic carbocycles. The summed E-state index contributed by atoms with van der Waals surface area (Å²) in [5.41, 5.74) is 0.218. The molecule has 0 saturated carbocycles. The van der Waals surface area contributed by atoms with E-state index in [0.717, 1.165) is 26.0 Å². The van der Waals surface area contributed by atoms with Crippen LogP contribution in [0.4, 0.5) is 10.1 Å². The number of nitrogens with one attached hydrogen (secondary N) is 2. The van der Waals surface area contributed by atoms with E-state index in [-0.39, 0.29) is 24.2 Å². The molecule has 4 nitrogen and oxygen atoms in total. The van der Waals surface area contributed by atoms with Crippen LogP contribution in [0.25, 0.3) is 0 Å². The molecule has 0 aromatic heterocycles. The Hall–Kier alpha value is -1.46. The molecule has 2 N–H and O–H groups in total. The van der Waals surface area contributed by atoms with E-state index in [0.29, 0.717) is 5.92 Å². The molecule has 1 fully saturated rings. The highest BCUT2D eigenvalue weighted by Crippen LogP contribution is 2.22. The van der Waals surface area contributed by atoms with Gasteiger partial charge in [0.1, 0.15) is 5.82 Å². The minimum absolute atomic E-state index is 0.182. The van der Waals surface area contributed by atoms with Gasteiger partial charge in [-0.25, -0.2) is 4.39 Å². The van der Waals surface area contributed by atoms with Crippen LogP contribution in [-0.2, 0) is 9.53 Å². The van der Waals surface area contributed by atoms with Crippen LogP contribution in [0.2, 0.25) is 0 Å². The molecule has 2 rings (SSSR count). The van der Waals surface area contributed by atoms with Gasteiger partial charge >= 0.3 is 0 Å². The number of amides is 1. The molecule has 2 atom stereocenters. The molecule has 1 aliphatic rings. The molecule has 1 aromatic rings. The SMILES string of the molecule is CCC1OCCC1CNCC(=O)Nc1ccccc1F. The molecule has 1 aromatic carbocycles. The minimum Gasteiger partial charge on any atom is -0.378 e. The lowest BCUT2D eigenvalue weighted by atomic mass is 10.00. The van der Waals surface area contributed by atoms with Crippen molar-refractivity contribution < 1.29 is 13.9 Å². The van der Waals surface area contributed by atoms with Crippen molar-refractivity contribution in [2.45, 2.75) is 25.9 Å². The van der Waals surface area contributed by atoms with Gasteiger partial charge in [-0.2, -0.15) is 0 Å². The Morgan fingerprint density at radius 3 is 3.00 bits per heavy atom. The summed E-state index contributed by atoms with van der Waals surface area (Å²) < 4.78 is 19.0. The molecule has 110 valence electrons. The zero-order valence-corrected chi connectivity index (χ0v) is 11.7. The summed E-state index contributed by atoms with van der Waals surface area (Å²) in [4.78, 5) is 11.7. The van der Waals surface area contributed by atoms with Gasteiger partial charge in [-0.15, -0.1) is 0 Å². The van der Waals surface area contributed by atoms with Gasteiger partial charge in [-0.05, 0) is 30.9 Å². The van der Waals surface area contributed by atoms with E-state index in [2.05, 4.69) is 17.6 Å². The van der Waals surface area contributed by atoms with Crippen LogP contribution in [0.5, 0.6) is 0 Å². The molecule has 20 heavy (non-hydrogen) atoms. The van der Waals surface area contributed by atoms with Gasteiger partial charge in [-0.3, -0.25) is 4.79 Å². The van der Waals surface area contributed by atoms with E-state index in [9.17, 15) is 9.18 Å². The van der Waals surface area contributed by atoms with Crippen molar-refractivity contribution in [3.63, 3.8) is 0 Å². The fourth-order valence-electron chi connectivity index (χ4n) is 2.51. The Balaban J connectivity index is 1.72. The normalized spacial score (nSPS) is 21.9. The molecular formula is C15H21FN2O2. The Morgan fingerprint density at radius 1 is 1.45 bits per heavy atom. The molecule has 5 heteroatoms. The van der Waals surface area contributed by atoms with E-state index in [1.54, 1.807) is 18.2 Å². The highest BCUT2D eigenvalue weighted by molar-refractivity contribution is 5.92. The second-order valence-corrected chi connectivity index (χ2v) is 5.03. The summed E-state index contributed by atoms with van der Waals surface area (Å²) in [6.07, 6.45) is 2.31. The standard InChI is InChI=1S/C15H21FN2O2/c1-2-14-11(7-8-20-14)9-17-10-15(19)18-13-6-4-3-5-12(13)16/h3-6,11,14,17H,2,7-10H2,1H3,(H,18,19). The van der Waals surface area contributed by atoms with Crippen LogP contribution in [0, 0.1) is 11.7 Å². The van der Waals surface area contributed by atoms with E-state index in [1.165, 1.54) is 6.07 Å². The zero-order chi connectivity index (χ0) is 14.4. The van der Waals surface area contributed by atoms with Crippen molar-refractivity contribution in [3.8, 4) is 0 Å². The molecular weight excluding hydrogens is 259 g/mol. The molecule has 2 unspecified atom stereocenters. The number of carbonyl (C=O) groups excluding carboxylic acids is 1. The number of para-hydroxylation sites is 1. The first-order chi connectivity index (χ1) is 9.70. The predicted octanol–water partition coefficient (Wildman–Crippen LogP) is 2.17. The van der Waals surface area contributed by atoms with Crippen LogP contribution >= 0.6 is 0 Å². The van der Waals surface area contributed by atoms with Gasteiger partial charge < -0.3 is 15.4 Å². The van der Waals surface area contributed by atoms with Gasteiger partial charge in [0.2, 0.25) is 5.91 Å². The third kappa shape index (κ3) is 4.02. The number of hydrogen-bond acceptors (Lipinski definition) is 3. The van der Waals surface area contributed by atoms with E-state index in [1.807, 2.05) is 0 Å². The summed E-state index contributed by atoms with van der Waals surface area (Å²) in [7, 11) is 0. The maximum Gasteiger partial charge on any atom is 0.238 e. The highest BCUT2D eigenvalue weighted by Gasteiger charge is 2.26. The summed E-state index contributed by atoms with van der Waals surface area (Å²) in [5.74, 6) is -0.195. The lowest BCUT2D eigenvalue weighted by Crippen LogP contribution is -2.34. The molecule has 0 bridgehead atoms. The largest absolute Gasteiger partial charge is 0.378 e. The average molecular weight is 280 g/mol. The first kappa shape index (κ1) is 14.9. The van der Waals surface area contributed by atoms with E-state index in [4.69, 9.17) is 4.74 Å². The summed E-state index contributed by atoms with van der Waals surface area (Å²) in [6.45, 7) is 3.84. The van der Waals surface area contributed by atoms with Crippen LogP contribution in [0.15, 0.2) is 24.3 Å². The minimum atomic E-state index is -0.420. The van der Waals surface area contributed by atoms with Crippen LogP contribution in [-0.4, -0.2) is 31.7 Å². The predicted molar refractivity (Wildman–Crippen MR) is 76.0 cm³/mol. The highest BCUT2D eigenvalue weighted by atomic mass is 19.1. The van der Waals surface area contributed by atoms with Gasteiger partial charge in [-0.1, -0.05) is 19.1 Å². The van der Waals surface area contributed by atoms with Crippen molar-refractivity contribution >= 4 is 11.6 Å². The molecule has 0 radical (unpaired) electrons. The number of halogens is 1. The van der Waals surface area contributed by atoms with Crippen molar-refractivity contribution in [1.29, 1.82) is 0 Å². The smallest absolute Gasteiger partial charge is 0.238 e. The Labute approximate surface area is 118 Å². The Morgan fingerprint density at radius 2 is 2.25 bits per heavy atom. The molecule has 1 saturated heterocycles. The summed E-state index contributed by atoms with van der Waals surface area (Å²) >= 11 is 0. The number of anilines is 1. The monoisotopic (exact) mass is 280 g/mol. The number of hydrogen-bond donors (Lipinski definition) is 2. The van der Waals surface area contributed by atoms with Crippen LogP contribution < -0.4 is 10.6 Å². The van der Waals surface area contributed by atoms with Crippen LogP contribution in [0.1, 0.15) is 19.8 Å². The third-order valence-electron chi connectivity index (χ3n) is 3.59. The van der Waals surface area contributed by atoms with Crippen molar-refractivity contribution in [1.82, 2.24) is 5.32 Å². The zero-order valence-electron chi connectivity index (χ0n) is 11.7. The average Bonchev–Trinajstić information content (AvgIpc) is 2.89. The van der Waals surface area contributed by atoms with E-state index >= 15 is 0 Å². The number of benzene rings is 1. The van der Waals surface area contributed by atoms with E-state index < -0.39 is 5.82 Å². The lowest BCUT2D eigenvalue weighted by Gasteiger charge is -2.17.